The number of hydrogen-bond donors (Lipinski definition) is 1. The van der Waals surface area contributed by atoms with Gasteiger partial charge in [0.05, 0.1) is 6.54 Å². The second-order valence-corrected chi connectivity index (χ2v) is 3.86. The normalized spacial score (nSPS) is 11.5. The molecule has 1 amide bonds. The molecule has 0 aromatic carbocycles. The Morgan fingerprint density at radius 2 is 2.11 bits per heavy atom. The smallest absolute Gasteiger partial charge is 0.319 e. The molecule has 0 fully saturated rings. The molecular weight excluding hydrogens is 301 g/mol. The van der Waals surface area contributed by atoms with E-state index in [9.17, 15) is 13.6 Å². The number of carbonyl (C=O) groups excluding carboxylic acids is 1. The minimum Gasteiger partial charge on any atom is -0.338 e. The fourth-order valence-electron chi connectivity index (χ4n) is 1.41. The molecule has 1 aromatic rings. The molecule has 1 rings (SSSR count). The fourth-order valence-corrected chi connectivity index (χ4v) is 1.41. The number of halogens is 4. The molecule has 1 atom stereocenters. The molecule has 0 spiro atoms. The van der Waals surface area contributed by atoms with Gasteiger partial charge in [0.2, 0.25) is 5.91 Å². The first kappa shape index (κ1) is 20.4. The van der Waals surface area contributed by atoms with E-state index in [1.54, 1.807) is 14.0 Å². The summed E-state index contributed by atoms with van der Waals surface area (Å²) in [6.45, 7) is -0.686. The summed E-state index contributed by atoms with van der Waals surface area (Å²) in [5, 5.41) is 0. The lowest BCUT2D eigenvalue weighted by Gasteiger charge is -2.20. The topological polar surface area (TPSA) is 64.2 Å². The van der Waals surface area contributed by atoms with Crippen LogP contribution in [0.1, 0.15) is 19.3 Å². The zero-order valence-corrected chi connectivity index (χ0v) is 12.3. The maximum Gasteiger partial charge on any atom is 0.319 e. The maximum absolute atomic E-state index is 12.5. The first-order chi connectivity index (χ1) is 7.97. The van der Waals surface area contributed by atoms with E-state index < -0.39 is 6.55 Å². The summed E-state index contributed by atoms with van der Waals surface area (Å²) in [5.74, 6) is -0.355. The maximum atomic E-state index is 12.5. The summed E-state index contributed by atoms with van der Waals surface area (Å²) < 4.78 is 25.8. The third kappa shape index (κ3) is 5.30. The van der Waals surface area contributed by atoms with E-state index in [1.807, 2.05) is 0 Å². The number of carbonyl (C=O) groups is 1. The SMILES string of the molecule is CC(CN)C(=O)N(C)Cc1nccn1C(F)F.Cl.Cl. The molecular formula is C10H18Cl2F2N4O. The van der Waals surface area contributed by atoms with Crippen molar-refractivity contribution in [2.45, 2.75) is 20.0 Å². The molecule has 0 aliphatic heterocycles. The van der Waals surface area contributed by atoms with Crippen LogP contribution >= 0.6 is 24.8 Å². The van der Waals surface area contributed by atoms with E-state index in [4.69, 9.17) is 5.73 Å². The zero-order chi connectivity index (χ0) is 13.0. The second-order valence-electron chi connectivity index (χ2n) is 3.86. The second kappa shape index (κ2) is 9.06. The Balaban J connectivity index is 0. The standard InChI is InChI=1S/C10H16F2N4O.2ClH/c1-7(5-13)9(17)15(2)6-8-14-3-4-16(8)10(11)12;;/h3-4,7,10H,5-6,13H2,1-2H3;2*1H. The van der Waals surface area contributed by atoms with Crippen molar-refractivity contribution < 1.29 is 13.6 Å². The van der Waals surface area contributed by atoms with Crippen LogP contribution in [0.4, 0.5) is 8.78 Å². The molecule has 1 heterocycles. The average Bonchev–Trinajstić information content (AvgIpc) is 2.75. The molecule has 0 saturated heterocycles. The van der Waals surface area contributed by atoms with Crippen molar-refractivity contribution in [2.75, 3.05) is 13.6 Å². The molecule has 0 aliphatic carbocycles. The highest BCUT2D eigenvalue weighted by molar-refractivity contribution is 5.85. The molecule has 112 valence electrons. The van der Waals surface area contributed by atoms with Crippen LogP contribution in [0.25, 0.3) is 0 Å². The van der Waals surface area contributed by atoms with Gasteiger partial charge in [-0.05, 0) is 0 Å². The van der Waals surface area contributed by atoms with Crippen molar-refractivity contribution in [3.05, 3.63) is 18.2 Å². The Morgan fingerprint density at radius 1 is 1.53 bits per heavy atom. The van der Waals surface area contributed by atoms with Gasteiger partial charge in [0, 0.05) is 31.9 Å². The van der Waals surface area contributed by atoms with Gasteiger partial charge in [0.25, 0.3) is 0 Å². The van der Waals surface area contributed by atoms with Crippen LogP contribution in [0.15, 0.2) is 12.4 Å². The van der Waals surface area contributed by atoms with Crippen molar-refractivity contribution in [1.82, 2.24) is 14.5 Å². The van der Waals surface area contributed by atoms with Crippen molar-refractivity contribution in [3.63, 3.8) is 0 Å². The van der Waals surface area contributed by atoms with Gasteiger partial charge in [-0.3, -0.25) is 9.36 Å². The van der Waals surface area contributed by atoms with Gasteiger partial charge in [-0.25, -0.2) is 4.98 Å². The summed E-state index contributed by atoms with van der Waals surface area (Å²) in [6.07, 6.45) is 2.47. The lowest BCUT2D eigenvalue weighted by molar-refractivity contribution is -0.134. The highest BCUT2D eigenvalue weighted by atomic mass is 35.5. The largest absolute Gasteiger partial charge is 0.338 e. The summed E-state index contributed by atoms with van der Waals surface area (Å²) in [5.41, 5.74) is 5.37. The van der Waals surface area contributed by atoms with Crippen LogP contribution in [-0.2, 0) is 11.3 Å². The van der Waals surface area contributed by atoms with Crippen molar-refractivity contribution in [2.24, 2.45) is 11.7 Å². The minimum absolute atomic E-state index is 0. The first-order valence-corrected chi connectivity index (χ1v) is 5.22. The molecule has 19 heavy (non-hydrogen) atoms. The van der Waals surface area contributed by atoms with Gasteiger partial charge in [0.1, 0.15) is 5.82 Å². The third-order valence-corrected chi connectivity index (χ3v) is 2.49. The summed E-state index contributed by atoms with van der Waals surface area (Å²) in [7, 11) is 1.54. The van der Waals surface area contributed by atoms with Crippen LogP contribution in [-0.4, -0.2) is 34.0 Å². The predicted molar refractivity (Wildman–Crippen MR) is 72.7 cm³/mol. The highest BCUT2D eigenvalue weighted by Crippen LogP contribution is 2.14. The monoisotopic (exact) mass is 318 g/mol. The Labute approximate surface area is 123 Å². The number of nitrogens with two attached hydrogens (primary N) is 1. The van der Waals surface area contributed by atoms with Gasteiger partial charge < -0.3 is 10.6 Å². The Hall–Kier alpha value is -0.920. The summed E-state index contributed by atoms with van der Waals surface area (Å²) in [4.78, 5) is 16.9. The van der Waals surface area contributed by atoms with Gasteiger partial charge in [-0.15, -0.1) is 24.8 Å². The first-order valence-electron chi connectivity index (χ1n) is 5.22. The van der Waals surface area contributed by atoms with Gasteiger partial charge in [-0.1, -0.05) is 6.92 Å². The molecule has 0 radical (unpaired) electrons. The van der Waals surface area contributed by atoms with E-state index >= 15 is 0 Å². The third-order valence-electron chi connectivity index (χ3n) is 2.49. The van der Waals surface area contributed by atoms with E-state index in [0.29, 0.717) is 0 Å². The number of alkyl halides is 2. The van der Waals surface area contributed by atoms with Crippen LogP contribution < -0.4 is 5.73 Å². The molecule has 0 bridgehead atoms. The molecule has 0 aliphatic rings. The molecule has 1 unspecified atom stereocenters. The Morgan fingerprint density at radius 3 is 2.58 bits per heavy atom. The van der Waals surface area contributed by atoms with Crippen LogP contribution in [0.2, 0.25) is 0 Å². The number of hydrogen-bond acceptors (Lipinski definition) is 3. The lowest BCUT2D eigenvalue weighted by Crippen LogP contribution is -2.35. The Bertz CT molecular complexity index is 389. The van der Waals surface area contributed by atoms with E-state index in [1.165, 1.54) is 17.3 Å². The lowest BCUT2D eigenvalue weighted by atomic mass is 10.1. The van der Waals surface area contributed by atoms with E-state index in [2.05, 4.69) is 4.98 Å². The number of amides is 1. The molecule has 9 heteroatoms. The van der Waals surface area contributed by atoms with Crippen molar-refractivity contribution >= 4 is 30.7 Å². The van der Waals surface area contributed by atoms with Crippen molar-refractivity contribution in [3.8, 4) is 0 Å². The van der Waals surface area contributed by atoms with Gasteiger partial charge in [-0.2, -0.15) is 8.78 Å². The Kier molecular flexibility index (Phi) is 9.73. The van der Waals surface area contributed by atoms with E-state index in [0.717, 1.165) is 4.57 Å². The van der Waals surface area contributed by atoms with Gasteiger partial charge in [0.15, 0.2) is 0 Å². The van der Waals surface area contributed by atoms with Crippen LogP contribution in [0.3, 0.4) is 0 Å². The van der Waals surface area contributed by atoms with E-state index in [-0.39, 0.29) is 55.6 Å². The fraction of sp³-hybridized carbons (Fsp3) is 0.600. The number of imidazole rings is 1. The average molecular weight is 319 g/mol. The predicted octanol–water partition coefficient (Wildman–Crippen LogP) is 1.67. The van der Waals surface area contributed by atoms with Gasteiger partial charge >= 0.3 is 6.55 Å². The van der Waals surface area contributed by atoms with Crippen LogP contribution in [0, 0.1) is 5.92 Å². The summed E-state index contributed by atoms with van der Waals surface area (Å²) >= 11 is 0. The summed E-state index contributed by atoms with van der Waals surface area (Å²) in [6, 6.07) is 0. The highest BCUT2D eigenvalue weighted by Gasteiger charge is 2.19. The van der Waals surface area contributed by atoms with Crippen molar-refractivity contribution in [1.29, 1.82) is 0 Å². The molecule has 0 saturated carbocycles. The number of rotatable bonds is 5. The minimum atomic E-state index is -2.65. The van der Waals surface area contributed by atoms with Crippen LogP contribution in [0.5, 0.6) is 0 Å². The number of aromatic nitrogens is 2. The number of nitrogens with zero attached hydrogens (tertiary/aromatic N) is 3. The molecule has 5 nitrogen and oxygen atoms in total. The molecule has 1 aromatic heterocycles. The quantitative estimate of drug-likeness (QED) is 0.898. The zero-order valence-electron chi connectivity index (χ0n) is 10.6. The molecule has 2 N–H and O–H groups in total.